The van der Waals surface area contributed by atoms with Gasteiger partial charge in [0.15, 0.2) is 0 Å². The highest BCUT2D eigenvalue weighted by Crippen LogP contribution is 2.38. The Bertz CT molecular complexity index is 1580. The number of hydrogen-bond donors (Lipinski definition) is 3. The summed E-state index contributed by atoms with van der Waals surface area (Å²) in [6.45, 7) is 0. The van der Waals surface area contributed by atoms with Crippen molar-refractivity contribution in [2.45, 2.75) is 31.7 Å². The number of hydrogen-bond acceptors (Lipinski definition) is 2. The van der Waals surface area contributed by atoms with E-state index in [4.69, 9.17) is 0 Å². The van der Waals surface area contributed by atoms with E-state index in [1.165, 1.54) is 45.8 Å². The average Bonchev–Trinajstić information content (AvgIpc) is 3.59. The van der Waals surface area contributed by atoms with Crippen LogP contribution in [0, 0.1) is 0 Å². The smallest absolute Gasteiger partial charge is 0.418 e. The fourth-order valence-electron chi connectivity index (χ4n) is 5.86. The maximum atomic E-state index is 9.75. The van der Waals surface area contributed by atoms with Crippen molar-refractivity contribution >= 4 is 30.0 Å². The Balaban J connectivity index is 0.000000743. The van der Waals surface area contributed by atoms with Crippen LogP contribution in [0.1, 0.15) is 25.7 Å². The first-order valence-electron chi connectivity index (χ1n) is 15.2. The van der Waals surface area contributed by atoms with Crippen LogP contribution in [0.25, 0.3) is 0 Å². The Kier molecular flexibility index (Phi) is 10.7. The second-order valence-corrected chi connectivity index (χ2v) is 10.9. The van der Waals surface area contributed by atoms with Gasteiger partial charge < -0.3 is 27.9 Å². The Labute approximate surface area is 262 Å². The van der Waals surface area contributed by atoms with Gasteiger partial charge in [0.1, 0.15) is 17.4 Å². The maximum absolute atomic E-state index is 9.75. The van der Waals surface area contributed by atoms with Crippen molar-refractivity contribution in [3.63, 3.8) is 0 Å². The van der Waals surface area contributed by atoms with Gasteiger partial charge in [0, 0.05) is 34.9 Å². The van der Waals surface area contributed by atoms with Crippen LogP contribution in [0.5, 0.6) is 0 Å². The fraction of sp³-hybridized carbons (Fsp3) is 0.135. The van der Waals surface area contributed by atoms with Crippen LogP contribution in [0.15, 0.2) is 168 Å². The Morgan fingerprint density at radius 3 is 1.49 bits per heavy atom. The molecule has 0 saturated heterocycles. The van der Waals surface area contributed by atoms with Crippen LogP contribution in [0.2, 0.25) is 0 Å². The minimum atomic E-state index is -6.00. The predicted octanol–water partition coefficient (Wildman–Crippen LogP) is 9.64. The van der Waals surface area contributed by atoms with E-state index >= 15 is 0 Å². The molecule has 2 aliphatic rings. The quantitative estimate of drug-likeness (QED) is 0.144. The molecule has 1 atom stereocenters. The lowest BCUT2D eigenvalue weighted by atomic mass is 9.82. The minimum Gasteiger partial charge on any atom is -0.418 e. The molecule has 2 aliphatic carbocycles. The summed E-state index contributed by atoms with van der Waals surface area (Å²) in [6.07, 6.45) is 13.9. The number of allylic oxidation sites excluding steroid dienone is 3. The van der Waals surface area contributed by atoms with Gasteiger partial charge >= 0.3 is 7.25 Å². The monoisotopic (exact) mass is 609 g/mol. The lowest BCUT2D eigenvalue weighted by Gasteiger charge is -2.33. The molecule has 230 valence electrons. The number of para-hydroxylation sites is 4. The van der Waals surface area contributed by atoms with Gasteiger partial charge in [-0.15, -0.1) is 0 Å². The second-order valence-electron chi connectivity index (χ2n) is 10.9. The van der Waals surface area contributed by atoms with Gasteiger partial charge in [-0.05, 0) is 85.9 Å². The van der Waals surface area contributed by atoms with Crippen molar-refractivity contribution in [2.24, 2.45) is 0 Å². The standard InChI is InChI=1S/C37H35N3.BF4/c1-5-17-31(18-6-1)38-27-30-25-26-36(40(33-21-9-3-10-22-33)34-23-11-4-12-24-34)37(29-15-13-14-16-29)35(30)28-39-32-19-7-2-8-20-32;2-1(3,4)5/h1-12,17-28,36,38-39H,13-16H2;/q;-1/p+1. The zero-order valence-electron chi connectivity index (χ0n) is 24.9. The highest BCUT2D eigenvalue weighted by atomic mass is 19.5. The number of nitrogens with one attached hydrogen (secondary N) is 3. The molecule has 0 spiro atoms. The van der Waals surface area contributed by atoms with Crippen molar-refractivity contribution in [1.82, 2.24) is 0 Å². The van der Waals surface area contributed by atoms with Crippen LogP contribution in [-0.4, -0.2) is 13.3 Å². The molecule has 0 radical (unpaired) electrons. The molecule has 1 saturated carbocycles. The fourth-order valence-corrected chi connectivity index (χ4v) is 5.86. The molecule has 1 fully saturated rings. The van der Waals surface area contributed by atoms with E-state index in [9.17, 15) is 17.3 Å². The van der Waals surface area contributed by atoms with Crippen molar-refractivity contribution < 1.29 is 22.2 Å². The third-order valence-electron chi connectivity index (χ3n) is 7.77. The summed E-state index contributed by atoms with van der Waals surface area (Å²) in [4.78, 5) is 1.35. The van der Waals surface area contributed by atoms with Crippen LogP contribution in [0.4, 0.5) is 40.0 Å². The number of quaternary nitrogens is 1. The van der Waals surface area contributed by atoms with Crippen molar-refractivity contribution in [2.75, 3.05) is 10.6 Å². The highest BCUT2D eigenvalue weighted by Gasteiger charge is 2.35. The van der Waals surface area contributed by atoms with Gasteiger partial charge in [-0.25, -0.2) is 0 Å². The maximum Gasteiger partial charge on any atom is 0.673 e. The molecular weight excluding hydrogens is 573 g/mol. The number of halogens is 4. The number of benzene rings is 4. The molecule has 0 aliphatic heterocycles. The summed E-state index contributed by atoms with van der Waals surface area (Å²) >= 11 is 0. The lowest BCUT2D eigenvalue weighted by molar-refractivity contribution is -0.776. The molecule has 0 heterocycles. The molecule has 3 nitrogen and oxygen atoms in total. The average molecular weight is 610 g/mol. The topological polar surface area (TPSA) is 28.5 Å². The van der Waals surface area contributed by atoms with Gasteiger partial charge in [0.05, 0.1) is 0 Å². The number of rotatable bonds is 7. The third-order valence-corrected chi connectivity index (χ3v) is 7.77. The molecule has 0 aromatic heterocycles. The van der Waals surface area contributed by atoms with Crippen LogP contribution in [-0.2, 0) is 0 Å². The van der Waals surface area contributed by atoms with Crippen molar-refractivity contribution in [3.8, 4) is 0 Å². The Morgan fingerprint density at radius 1 is 0.600 bits per heavy atom. The second kappa shape index (κ2) is 15.3. The van der Waals surface area contributed by atoms with Crippen molar-refractivity contribution in [3.05, 3.63) is 168 Å². The zero-order chi connectivity index (χ0) is 31.5. The zero-order valence-corrected chi connectivity index (χ0v) is 24.9. The molecule has 4 aromatic carbocycles. The lowest BCUT2D eigenvalue weighted by Crippen LogP contribution is -3.06. The molecule has 8 heteroatoms. The number of anilines is 2. The molecule has 0 bridgehead atoms. The molecule has 45 heavy (non-hydrogen) atoms. The van der Waals surface area contributed by atoms with E-state index in [1.807, 2.05) is 6.07 Å². The first-order chi connectivity index (χ1) is 21.9. The van der Waals surface area contributed by atoms with E-state index in [1.54, 1.807) is 5.57 Å². The summed E-state index contributed by atoms with van der Waals surface area (Å²) < 4.78 is 39.0. The summed E-state index contributed by atoms with van der Waals surface area (Å²) in [5.41, 5.74) is 10.1. The van der Waals surface area contributed by atoms with Crippen LogP contribution in [0.3, 0.4) is 0 Å². The first-order valence-corrected chi connectivity index (χ1v) is 15.2. The van der Waals surface area contributed by atoms with Gasteiger partial charge in [-0.3, -0.25) is 4.90 Å². The van der Waals surface area contributed by atoms with Gasteiger partial charge in [-0.2, -0.15) is 0 Å². The van der Waals surface area contributed by atoms with E-state index in [-0.39, 0.29) is 6.04 Å². The van der Waals surface area contributed by atoms with E-state index in [2.05, 4.69) is 150 Å². The molecule has 0 amide bonds. The molecular formula is C37H36BF4N3. The van der Waals surface area contributed by atoms with Crippen LogP contribution < -0.4 is 15.5 Å². The van der Waals surface area contributed by atoms with E-state index in [0.717, 1.165) is 24.2 Å². The van der Waals surface area contributed by atoms with Crippen LogP contribution >= 0.6 is 0 Å². The predicted molar refractivity (Wildman–Crippen MR) is 178 cm³/mol. The van der Waals surface area contributed by atoms with Crippen molar-refractivity contribution in [1.29, 1.82) is 0 Å². The normalized spacial score (nSPS) is 18.2. The Morgan fingerprint density at radius 2 is 1.02 bits per heavy atom. The summed E-state index contributed by atoms with van der Waals surface area (Å²) in [6, 6.07) is 42.8. The largest absolute Gasteiger partial charge is 0.673 e. The van der Waals surface area contributed by atoms with Gasteiger partial charge in [-0.1, -0.05) is 84.4 Å². The van der Waals surface area contributed by atoms with E-state index in [0.29, 0.717) is 0 Å². The summed E-state index contributed by atoms with van der Waals surface area (Å²) in [5.74, 6) is 0. The summed E-state index contributed by atoms with van der Waals surface area (Å²) in [5, 5.41) is 7.18. The first kappa shape index (κ1) is 31.6. The Hall–Kier alpha value is -4.82. The third kappa shape index (κ3) is 9.09. The molecule has 4 aromatic rings. The molecule has 3 N–H and O–H groups in total. The summed E-state index contributed by atoms with van der Waals surface area (Å²) in [7, 11) is -6.00. The minimum absolute atomic E-state index is 0.149. The van der Waals surface area contributed by atoms with Gasteiger partial charge in [0.25, 0.3) is 0 Å². The molecule has 6 rings (SSSR count). The van der Waals surface area contributed by atoms with E-state index < -0.39 is 7.25 Å². The molecule has 1 unspecified atom stereocenters. The van der Waals surface area contributed by atoms with Gasteiger partial charge in [0.2, 0.25) is 0 Å². The highest BCUT2D eigenvalue weighted by molar-refractivity contribution is 6.50. The SMILES string of the molecule is C1=CC([NH+](c2ccccc2)c2ccccc2)C(=C2CCCC2)C(=CNc2ccccc2)C1=CNc1ccccc1.F[B-](F)(F)F.